The normalized spacial score (nSPS) is 8.92. The molecule has 0 saturated heterocycles. The van der Waals surface area contributed by atoms with Crippen LogP contribution < -0.4 is 10.1 Å². The van der Waals surface area contributed by atoms with Crippen LogP contribution in [0.2, 0.25) is 0 Å². The van der Waals surface area contributed by atoms with E-state index in [1.54, 1.807) is 13.0 Å². The predicted molar refractivity (Wildman–Crippen MR) is 40.5 cm³/mol. The minimum Gasteiger partial charge on any atom is -0.465 e. The van der Waals surface area contributed by atoms with Crippen molar-refractivity contribution < 1.29 is 14.1 Å². The summed E-state index contributed by atoms with van der Waals surface area (Å²) in [5.41, 5.74) is 0. The number of amides is 1. The first kappa shape index (κ1) is 9.06. The number of nitrogens with zero attached hydrogens (tertiary/aromatic N) is 2. The molecule has 0 aliphatic rings. The van der Waals surface area contributed by atoms with E-state index in [2.05, 4.69) is 9.68 Å². The third kappa shape index (κ3) is 2.83. The fraction of sp³-hybridized carbons (Fsp3) is 0.286. The van der Waals surface area contributed by atoms with Crippen LogP contribution in [0.5, 0.6) is 5.88 Å². The first-order valence-electron chi connectivity index (χ1n) is 3.46. The SMILES string of the molecule is Cc1cc(OCC(=O)NC#N)no1. The van der Waals surface area contributed by atoms with Crippen molar-refractivity contribution in [2.24, 2.45) is 0 Å². The highest BCUT2D eigenvalue weighted by atomic mass is 16.5. The monoisotopic (exact) mass is 181 g/mol. The van der Waals surface area contributed by atoms with Gasteiger partial charge in [0.15, 0.2) is 12.8 Å². The van der Waals surface area contributed by atoms with Gasteiger partial charge in [-0.3, -0.25) is 10.1 Å². The van der Waals surface area contributed by atoms with E-state index >= 15 is 0 Å². The quantitative estimate of drug-likeness (QED) is 0.522. The maximum absolute atomic E-state index is 10.7. The minimum absolute atomic E-state index is 0.227. The largest absolute Gasteiger partial charge is 0.465 e. The Bertz CT molecular complexity index is 339. The summed E-state index contributed by atoms with van der Waals surface area (Å²) in [6, 6.07) is 1.54. The van der Waals surface area contributed by atoms with Crippen LogP contribution in [0.4, 0.5) is 0 Å². The van der Waals surface area contributed by atoms with Crippen molar-refractivity contribution in [2.75, 3.05) is 6.61 Å². The second-order valence-corrected chi connectivity index (χ2v) is 2.22. The topological polar surface area (TPSA) is 88.1 Å². The lowest BCUT2D eigenvalue weighted by Gasteiger charge is -1.97. The van der Waals surface area contributed by atoms with Gasteiger partial charge in [0, 0.05) is 6.07 Å². The van der Waals surface area contributed by atoms with Gasteiger partial charge in [0.2, 0.25) is 0 Å². The van der Waals surface area contributed by atoms with Gasteiger partial charge in [0.1, 0.15) is 5.76 Å². The van der Waals surface area contributed by atoms with Crippen molar-refractivity contribution in [1.29, 1.82) is 5.26 Å². The van der Waals surface area contributed by atoms with Gasteiger partial charge in [0.25, 0.3) is 11.8 Å². The second kappa shape index (κ2) is 4.11. The maximum atomic E-state index is 10.7. The van der Waals surface area contributed by atoms with Crippen LogP contribution in [0.15, 0.2) is 10.6 Å². The first-order chi connectivity index (χ1) is 6.22. The summed E-state index contributed by atoms with van der Waals surface area (Å²) in [7, 11) is 0. The summed E-state index contributed by atoms with van der Waals surface area (Å²) >= 11 is 0. The molecule has 1 heterocycles. The molecule has 6 heteroatoms. The smallest absolute Gasteiger partial charge is 0.270 e. The molecule has 1 N–H and O–H groups in total. The summed E-state index contributed by atoms with van der Waals surface area (Å²) in [6.45, 7) is 1.45. The molecule has 0 bridgehead atoms. The number of carbonyl (C=O) groups excluding carboxylic acids is 1. The fourth-order valence-electron chi connectivity index (χ4n) is 0.650. The zero-order valence-corrected chi connectivity index (χ0v) is 6.90. The number of nitriles is 1. The van der Waals surface area contributed by atoms with Crippen LogP contribution in [0.3, 0.4) is 0 Å². The van der Waals surface area contributed by atoms with Gasteiger partial charge in [-0.15, -0.1) is 0 Å². The standard InChI is InChI=1S/C7H7N3O3/c1-5-2-7(10-13-5)12-3-6(11)9-4-8/h2H,3H2,1H3,(H,9,11). The summed E-state index contributed by atoms with van der Waals surface area (Å²) in [5, 5.41) is 13.5. The predicted octanol–water partition coefficient (Wildman–Crippen LogP) is -0.0409. The molecule has 0 aromatic carbocycles. The lowest BCUT2D eigenvalue weighted by molar-refractivity contribution is -0.122. The molecule has 0 aliphatic carbocycles. The van der Waals surface area contributed by atoms with Crippen molar-refractivity contribution in [1.82, 2.24) is 10.5 Å². The summed E-state index contributed by atoms with van der Waals surface area (Å²) < 4.78 is 9.56. The van der Waals surface area contributed by atoms with Gasteiger partial charge in [-0.25, -0.2) is 0 Å². The number of aromatic nitrogens is 1. The molecular weight excluding hydrogens is 174 g/mol. The summed E-state index contributed by atoms with van der Waals surface area (Å²) in [4.78, 5) is 10.7. The zero-order valence-electron chi connectivity index (χ0n) is 6.90. The van der Waals surface area contributed by atoms with Crippen LogP contribution >= 0.6 is 0 Å². The van der Waals surface area contributed by atoms with E-state index in [0.29, 0.717) is 5.76 Å². The van der Waals surface area contributed by atoms with E-state index in [1.807, 2.05) is 5.32 Å². The number of aryl methyl sites for hydroxylation is 1. The molecule has 1 aromatic heterocycles. The molecule has 6 nitrogen and oxygen atoms in total. The van der Waals surface area contributed by atoms with E-state index < -0.39 is 5.91 Å². The van der Waals surface area contributed by atoms with Crippen molar-refractivity contribution in [3.05, 3.63) is 11.8 Å². The molecule has 0 saturated carbocycles. The molecule has 1 amide bonds. The Hall–Kier alpha value is -2.03. The minimum atomic E-state index is -0.525. The molecule has 0 atom stereocenters. The molecule has 68 valence electrons. The highest BCUT2D eigenvalue weighted by Gasteiger charge is 2.04. The van der Waals surface area contributed by atoms with Crippen molar-refractivity contribution >= 4 is 5.91 Å². The van der Waals surface area contributed by atoms with Crippen LogP contribution in [-0.4, -0.2) is 17.7 Å². The summed E-state index contributed by atoms with van der Waals surface area (Å²) in [6.07, 6.45) is 1.49. The Labute approximate surface area is 74.1 Å². The second-order valence-electron chi connectivity index (χ2n) is 2.22. The maximum Gasteiger partial charge on any atom is 0.270 e. The Balaban J connectivity index is 2.36. The van der Waals surface area contributed by atoms with Crippen LogP contribution in [0.25, 0.3) is 0 Å². The molecule has 0 fully saturated rings. The number of ether oxygens (including phenoxy) is 1. The first-order valence-corrected chi connectivity index (χ1v) is 3.46. The van der Waals surface area contributed by atoms with Gasteiger partial charge in [-0.2, -0.15) is 5.26 Å². The van der Waals surface area contributed by atoms with Gasteiger partial charge in [-0.1, -0.05) is 0 Å². The van der Waals surface area contributed by atoms with Crippen LogP contribution in [-0.2, 0) is 4.79 Å². The molecule has 1 rings (SSSR count). The lowest BCUT2D eigenvalue weighted by atomic mass is 10.5. The fourth-order valence-corrected chi connectivity index (χ4v) is 0.650. The van der Waals surface area contributed by atoms with Gasteiger partial charge < -0.3 is 9.26 Å². The number of hydrogen-bond donors (Lipinski definition) is 1. The van der Waals surface area contributed by atoms with Gasteiger partial charge >= 0.3 is 0 Å². The molecule has 0 unspecified atom stereocenters. The number of carbonyl (C=O) groups is 1. The lowest BCUT2D eigenvalue weighted by Crippen LogP contribution is -2.24. The van der Waals surface area contributed by atoms with E-state index in [9.17, 15) is 4.79 Å². The third-order valence-electron chi connectivity index (χ3n) is 1.15. The van der Waals surface area contributed by atoms with Crippen molar-refractivity contribution in [3.63, 3.8) is 0 Å². The summed E-state index contributed by atoms with van der Waals surface area (Å²) in [5.74, 6) is 0.296. The Morgan fingerprint density at radius 2 is 2.69 bits per heavy atom. The average Bonchev–Trinajstić information content (AvgIpc) is 2.49. The van der Waals surface area contributed by atoms with Crippen LogP contribution in [0, 0.1) is 18.4 Å². The Morgan fingerprint density at radius 3 is 3.23 bits per heavy atom. The average molecular weight is 181 g/mol. The molecule has 0 aliphatic heterocycles. The third-order valence-corrected chi connectivity index (χ3v) is 1.15. The Kier molecular flexibility index (Phi) is 2.87. The Morgan fingerprint density at radius 1 is 1.92 bits per heavy atom. The molecule has 1 aromatic rings. The number of rotatable bonds is 3. The van der Waals surface area contributed by atoms with Crippen molar-refractivity contribution in [2.45, 2.75) is 6.92 Å². The van der Waals surface area contributed by atoms with E-state index in [-0.39, 0.29) is 12.5 Å². The van der Waals surface area contributed by atoms with Crippen molar-refractivity contribution in [3.8, 4) is 12.1 Å². The van der Waals surface area contributed by atoms with Crippen LogP contribution in [0.1, 0.15) is 5.76 Å². The van der Waals surface area contributed by atoms with E-state index in [4.69, 9.17) is 10.00 Å². The highest BCUT2D eigenvalue weighted by Crippen LogP contribution is 2.08. The molecule has 0 radical (unpaired) electrons. The number of nitrogens with one attached hydrogen (secondary N) is 1. The van der Waals surface area contributed by atoms with E-state index in [1.165, 1.54) is 6.19 Å². The molecular formula is C7H7N3O3. The zero-order chi connectivity index (χ0) is 9.68. The molecule has 0 spiro atoms. The van der Waals surface area contributed by atoms with Gasteiger partial charge in [0.05, 0.1) is 0 Å². The number of hydrogen-bond acceptors (Lipinski definition) is 5. The van der Waals surface area contributed by atoms with Gasteiger partial charge in [-0.05, 0) is 12.1 Å². The molecule has 13 heavy (non-hydrogen) atoms. The van der Waals surface area contributed by atoms with E-state index in [0.717, 1.165) is 0 Å². The highest BCUT2D eigenvalue weighted by molar-refractivity contribution is 5.78.